The van der Waals surface area contributed by atoms with Gasteiger partial charge < -0.3 is 9.59 Å². The molecule has 3 nitrogen and oxygen atoms in total. The van der Waals surface area contributed by atoms with E-state index in [9.17, 15) is 4.79 Å². The van der Waals surface area contributed by atoms with Gasteiger partial charge >= 0.3 is 5.97 Å². The van der Waals surface area contributed by atoms with Crippen molar-refractivity contribution in [3.8, 4) is 0 Å². The molecule has 0 bridgehead atoms. The Morgan fingerprint density at radius 3 is 2.15 bits per heavy atom. The van der Waals surface area contributed by atoms with Gasteiger partial charge in [-0.25, -0.2) is 4.79 Å². The minimum absolute atomic E-state index is 0. The summed E-state index contributed by atoms with van der Waals surface area (Å²) in [5, 5.41) is 8.54. The van der Waals surface area contributed by atoms with Crippen molar-refractivity contribution < 1.29 is 14.4 Å². The molecule has 13 heavy (non-hydrogen) atoms. The zero-order valence-corrected chi connectivity index (χ0v) is 9.52. The van der Waals surface area contributed by atoms with Crippen LogP contribution in [0.15, 0.2) is 11.6 Å². The number of quaternary nitrogens is 1. The number of hydrogen-bond acceptors (Lipinski definition) is 1. The van der Waals surface area contributed by atoms with Gasteiger partial charge in [0.2, 0.25) is 0 Å². The van der Waals surface area contributed by atoms with Crippen molar-refractivity contribution in [2.24, 2.45) is 0 Å². The number of rotatable bonds is 4. The van der Waals surface area contributed by atoms with Crippen LogP contribution < -0.4 is 0 Å². The first-order valence-corrected chi connectivity index (χ1v) is 4.03. The van der Waals surface area contributed by atoms with Crippen LogP contribution in [0.1, 0.15) is 13.3 Å². The Kier molecular flexibility index (Phi) is 6.90. The first-order valence-electron chi connectivity index (χ1n) is 4.03. The number of carbonyl (C=O) groups is 1. The van der Waals surface area contributed by atoms with Crippen molar-refractivity contribution in [1.82, 2.24) is 0 Å². The van der Waals surface area contributed by atoms with E-state index in [1.165, 1.54) is 0 Å². The molecule has 0 aliphatic carbocycles. The zero-order chi connectivity index (χ0) is 9.78. The summed E-state index contributed by atoms with van der Waals surface area (Å²) < 4.78 is 0.864. The molecule has 0 radical (unpaired) electrons. The quantitative estimate of drug-likeness (QED) is 0.562. The van der Waals surface area contributed by atoms with Gasteiger partial charge in [0.1, 0.15) is 0 Å². The van der Waals surface area contributed by atoms with Crippen molar-refractivity contribution in [2.75, 3.05) is 27.7 Å². The van der Waals surface area contributed by atoms with E-state index in [1.54, 1.807) is 13.0 Å². The van der Waals surface area contributed by atoms with Crippen LogP contribution in [-0.4, -0.2) is 43.2 Å². The van der Waals surface area contributed by atoms with E-state index in [4.69, 9.17) is 5.11 Å². The lowest BCUT2D eigenvalue weighted by Gasteiger charge is -2.22. The Morgan fingerprint density at radius 2 is 1.85 bits per heavy atom. The molecule has 0 aromatic rings. The van der Waals surface area contributed by atoms with Gasteiger partial charge in [-0.3, -0.25) is 0 Å². The molecular weight excluding hydrogens is 190 g/mol. The van der Waals surface area contributed by atoms with Gasteiger partial charge in [0.15, 0.2) is 0 Å². The molecule has 0 aromatic carbocycles. The smallest absolute Gasteiger partial charge is 0.330 e. The number of carboxylic acid groups (broad SMARTS) is 1. The second-order valence-electron chi connectivity index (χ2n) is 3.99. The first-order chi connectivity index (χ1) is 5.33. The second kappa shape index (κ2) is 6.00. The first kappa shape index (κ1) is 15.0. The number of hydrogen-bond donors (Lipinski definition) is 1. The van der Waals surface area contributed by atoms with Gasteiger partial charge in [0.25, 0.3) is 0 Å². The molecule has 0 fully saturated rings. The number of carboxylic acids is 1. The summed E-state index contributed by atoms with van der Waals surface area (Å²) in [6.07, 6.45) is 2.59. The van der Waals surface area contributed by atoms with Gasteiger partial charge in [-0.15, -0.1) is 12.4 Å². The van der Waals surface area contributed by atoms with Crippen LogP contribution in [0.5, 0.6) is 0 Å². The van der Waals surface area contributed by atoms with Crippen LogP contribution in [-0.2, 0) is 4.79 Å². The van der Waals surface area contributed by atoms with Crippen molar-refractivity contribution >= 4 is 18.4 Å². The van der Waals surface area contributed by atoms with Gasteiger partial charge in [-0.2, -0.15) is 0 Å². The highest BCUT2D eigenvalue weighted by Crippen LogP contribution is 1.99. The van der Waals surface area contributed by atoms with Gasteiger partial charge in [-0.1, -0.05) is 6.08 Å². The van der Waals surface area contributed by atoms with Gasteiger partial charge in [0, 0.05) is 12.0 Å². The van der Waals surface area contributed by atoms with Crippen molar-refractivity contribution in [3.63, 3.8) is 0 Å². The standard InChI is InChI=1S/C9H17NO2.ClH/c1-8(9(11)12)6-5-7-10(2,3)4;/h6H,5,7H2,1-4H3;1H/p+1. The Labute approximate surface area is 86.0 Å². The number of nitrogens with zero attached hydrogens (tertiary/aromatic N) is 1. The molecule has 0 aliphatic rings. The van der Waals surface area contributed by atoms with E-state index in [0.717, 1.165) is 17.4 Å². The Balaban J connectivity index is 0. The lowest BCUT2D eigenvalue weighted by atomic mass is 10.2. The summed E-state index contributed by atoms with van der Waals surface area (Å²) in [6.45, 7) is 2.59. The minimum atomic E-state index is -0.823. The molecule has 0 spiro atoms. The van der Waals surface area contributed by atoms with Crippen LogP contribution >= 0.6 is 12.4 Å². The van der Waals surface area contributed by atoms with E-state index in [1.807, 2.05) is 0 Å². The normalized spacial score (nSPS) is 12.2. The molecule has 1 N–H and O–H groups in total. The van der Waals surface area contributed by atoms with E-state index < -0.39 is 5.97 Å². The maximum absolute atomic E-state index is 10.4. The molecule has 0 saturated carbocycles. The molecule has 0 aromatic heterocycles. The average Bonchev–Trinajstić information content (AvgIpc) is 1.84. The Morgan fingerprint density at radius 1 is 1.38 bits per heavy atom. The third kappa shape index (κ3) is 9.37. The topological polar surface area (TPSA) is 37.3 Å². The molecule has 0 aliphatic heterocycles. The number of aliphatic carboxylic acids is 1. The molecule has 0 atom stereocenters. The molecule has 0 saturated heterocycles. The number of halogens is 1. The maximum atomic E-state index is 10.4. The lowest BCUT2D eigenvalue weighted by Crippen LogP contribution is -2.34. The van der Waals surface area contributed by atoms with E-state index >= 15 is 0 Å². The average molecular weight is 209 g/mol. The van der Waals surface area contributed by atoms with E-state index in [-0.39, 0.29) is 12.4 Å². The third-order valence-corrected chi connectivity index (χ3v) is 1.59. The summed E-state index contributed by atoms with van der Waals surface area (Å²) in [4.78, 5) is 10.4. The third-order valence-electron chi connectivity index (χ3n) is 1.59. The van der Waals surface area contributed by atoms with Crippen LogP contribution in [0.2, 0.25) is 0 Å². The summed E-state index contributed by atoms with van der Waals surface area (Å²) in [7, 11) is 6.26. The molecule has 78 valence electrons. The van der Waals surface area contributed by atoms with Crippen molar-refractivity contribution in [3.05, 3.63) is 11.6 Å². The minimum Gasteiger partial charge on any atom is -0.478 e. The highest BCUT2D eigenvalue weighted by molar-refractivity contribution is 5.85. The molecule has 4 heteroatoms. The summed E-state index contributed by atoms with van der Waals surface area (Å²) in [5.41, 5.74) is 0.434. The summed E-state index contributed by atoms with van der Waals surface area (Å²) >= 11 is 0. The molecule has 0 heterocycles. The van der Waals surface area contributed by atoms with Crippen LogP contribution in [0, 0.1) is 0 Å². The SMILES string of the molecule is CC(=CCC[N+](C)(C)C)C(=O)O.Cl. The highest BCUT2D eigenvalue weighted by Gasteiger charge is 2.05. The highest BCUT2D eigenvalue weighted by atomic mass is 35.5. The molecular formula is C9H19ClNO2+. The van der Waals surface area contributed by atoms with Crippen LogP contribution in [0.3, 0.4) is 0 Å². The fraction of sp³-hybridized carbons (Fsp3) is 0.667. The molecule has 0 amide bonds. The predicted molar refractivity (Wildman–Crippen MR) is 56.2 cm³/mol. The molecule has 0 rings (SSSR count). The largest absolute Gasteiger partial charge is 0.478 e. The summed E-state index contributed by atoms with van der Waals surface area (Å²) in [6, 6.07) is 0. The molecule has 0 unspecified atom stereocenters. The second-order valence-corrected chi connectivity index (χ2v) is 3.99. The Hall–Kier alpha value is -0.540. The predicted octanol–water partition coefficient (Wildman–Crippen LogP) is 1.54. The Bertz CT molecular complexity index is 194. The van der Waals surface area contributed by atoms with Crippen molar-refractivity contribution in [2.45, 2.75) is 13.3 Å². The van der Waals surface area contributed by atoms with Gasteiger partial charge in [-0.05, 0) is 6.92 Å². The van der Waals surface area contributed by atoms with Crippen LogP contribution in [0.25, 0.3) is 0 Å². The van der Waals surface area contributed by atoms with E-state index in [0.29, 0.717) is 5.57 Å². The fourth-order valence-corrected chi connectivity index (χ4v) is 0.756. The van der Waals surface area contributed by atoms with Crippen LogP contribution in [0.4, 0.5) is 0 Å². The summed E-state index contributed by atoms with van der Waals surface area (Å²) in [5.74, 6) is -0.823. The maximum Gasteiger partial charge on any atom is 0.330 e. The van der Waals surface area contributed by atoms with E-state index in [2.05, 4.69) is 21.1 Å². The fourth-order valence-electron chi connectivity index (χ4n) is 0.756. The zero-order valence-electron chi connectivity index (χ0n) is 8.70. The van der Waals surface area contributed by atoms with Gasteiger partial charge in [0.05, 0.1) is 27.7 Å². The lowest BCUT2D eigenvalue weighted by molar-refractivity contribution is -0.869. The monoisotopic (exact) mass is 208 g/mol. The van der Waals surface area contributed by atoms with Crippen molar-refractivity contribution in [1.29, 1.82) is 0 Å².